The zero-order chi connectivity index (χ0) is 25.5. The number of amides is 1. The minimum absolute atomic E-state index is 0.0911. The Labute approximate surface area is 207 Å². The Balaban J connectivity index is 2.14. The third-order valence-corrected chi connectivity index (χ3v) is 6.56. The Bertz CT molecular complexity index is 1090. The molecular formula is C27H39N3O5. The Kier molecular flexibility index (Phi) is 9.32. The molecule has 0 radical (unpaired) electrons. The van der Waals surface area contributed by atoms with Crippen molar-refractivity contribution >= 4 is 5.91 Å². The molecule has 1 amide bonds. The van der Waals surface area contributed by atoms with Gasteiger partial charge in [-0.1, -0.05) is 40.5 Å². The van der Waals surface area contributed by atoms with Crippen LogP contribution in [0.4, 0.5) is 0 Å². The van der Waals surface area contributed by atoms with Gasteiger partial charge in [0.25, 0.3) is 11.5 Å². The van der Waals surface area contributed by atoms with Crippen LogP contribution >= 0.6 is 0 Å². The molecule has 2 aromatic rings. The van der Waals surface area contributed by atoms with Crippen molar-refractivity contribution in [2.75, 3.05) is 26.9 Å². The minimum Gasteiger partial charge on any atom is -0.507 e. The molecule has 1 unspecified atom stereocenters. The number of hydrogen-bond acceptors (Lipinski definition) is 6. The third-order valence-electron chi connectivity index (χ3n) is 6.56. The lowest BCUT2D eigenvalue weighted by atomic mass is 9.76. The van der Waals surface area contributed by atoms with Crippen LogP contribution in [0, 0.1) is 5.92 Å². The van der Waals surface area contributed by atoms with Crippen molar-refractivity contribution in [2.45, 2.75) is 72.1 Å². The molecule has 1 aliphatic carbocycles. The maximum Gasteiger partial charge on any atom is 0.265 e. The number of hydrogen-bond donors (Lipinski definition) is 3. The number of aromatic nitrogens is 2. The molecule has 1 atom stereocenters. The normalized spacial score (nSPS) is 14.5. The molecule has 0 bridgehead atoms. The van der Waals surface area contributed by atoms with Crippen molar-refractivity contribution in [1.82, 2.24) is 15.3 Å². The van der Waals surface area contributed by atoms with Crippen LogP contribution in [0.25, 0.3) is 11.4 Å². The number of aromatic hydroxyl groups is 1. The summed E-state index contributed by atoms with van der Waals surface area (Å²) in [5.41, 5.74) is 2.68. The monoisotopic (exact) mass is 485 g/mol. The molecule has 0 fully saturated rings. The number of ether oxygens (including phenoxy) is 2. The second kappa shape index (κ2) is 12.2. The van der Waals surface area contributed by atoms with E-state index in [2.05, 4.69) is 44.1 Å². The number of carbonyl (C=O) groups is 1. The molecular weight excluding hydrogens is 446 g/mol. The number of pyridine rings is 2. The predicted molar refractivity (Wildman–Crippen MR) is 136 cm³/mol. The van der Waals surface area contributed by atoms with Crippen molar-refractivity contribution in [3.63, 3.8) is 0 Å². The first-order chi connectivity index (χ1) is 16.8. The van der Waals surface area contributed by atoms with E-state index in [0.717, 1.165) is 49.1 Å². The average molecular weight is 486 g/mol. The lowest BCUT2D eigenvalue weighted by Gasteiger charge is -2.31. The lowest BCUT2D eigenvalue weighted by Crippen LogP contribution is -2.33. The average Bonchev–Trinajstić information content (AvgIpc) is 2.82. The molecule has 0 aromatic carbocycles. The molecule has 2 aromatic heterocycles. The molecule has 8 nitrogen and oxygen atoms in total. The maximum atomic E-state index is 13.0. The number of fused-ring (bicyclic) bond motifs is 3. The molecule has 3 rings (SSSR count). The summed E-state index contributed by atoms with van der Waals surface area (Å²) in [6.07, 6.45) is 5.42. The highest BCUT2D eigenvalue weighted by Crippen LogP contribution is 2.46. The first-order valence-electron chi connectivity index (χ1n) is 12.8. The van der Waals surface area contributed by atoms with Crippen molar-refractivity contribution in [3.8, 4) is 22.9 Å². The summed E-state index contributed by atoms with van der Waals surface area (Å²) < 4.78 is 11.1. The topological polar surface area (TPSA) is 114 Å². The van der Waals surface area contributed by atoms with Gasteiger partial charge in [0.2, 0.25) is 0 Å². The van der Waals surface area contributed by atoms with Crippen LogP contribution < -0.4 is 15.6 Å². The van der Waals surface area contributed by atoms with Gasteiger partial charge in [0.15, 0.2) is 0 Å². The first-order valence-corrected chi connectivity index (χ1v) is 12.8. The van der Waals surface area contributed by atoms with Gasteiger partial charge in [0.1, 0.15) is 17.1 Å². The summed E-state index contributed by atoms with van der Waals surface area (Å²) in [6.45, 7) is 9.60. The summed E-state index contributed by atoms with van der Waals surface area (Å²) in [7, 11) is 1.53. The summed E-state index contributed by atoms with van der Waals surface area (Å²) in [5, 5.41) is 13.9. The van der Waals surface area contributed by atoms with Gasteiger partial charge in [0.05, 0.1) is 30.3 Å². The van der Waals surface area contributed by atoms with Gasteiger partial charge in [-0.25, -0.2) is 4.98 Å². The van der Waals surface area contributed by atoms with Crippen molar-refractivity contribution in [3.05, 3.63) is 38.8 Å². The molecule has 1 aliphatic rings. The number of aromatic amines is 1. The van der Waals surface area contributed by atoms with Crippen LogP contribution in [0.2, 0.25) is 0 Å². The molecule has 8 heteroatoms. The van der Waals surface area contributed by atoms with E-state index in [1.807, 2.05) is 0 Å². The number of methoxy groups -OCH3 is 1. The molecule has 35 heavy (non-hydrogen) atoms. The second-order valence-corrected chi connectivity index (χ2v) is 9.52. The number of aryl methyl sites for hydroxylation is 1. The number of H-pyrrole nitrogens is 1. The van der Waals surface area contributed by atoms with E-state index in [1.54, 1.807) is 0 Å². The predicted octanol–water partition coefficient (Wildman–Crippen LogP) is 4.34. The van der Waals surface area contributed by atoms with E-state index in [9.17, 15) is 14.7 Å². The SMILES string of the molecule is CCCCOc1cc2c(nc1CCCC)-c1[nH]c(=O)c(C(=O)NCCOC)c(O)c1C(C(C)C)C2. The van der Waals surface area contributed by atoms with E-state index in [1.165, 1.54) is 7.11 Å². The number of carbonyl (C=O) groups excluding carboxylic acids is 1. The quantitative estimate of drug-likeness (QED) is 0.386. The molecule has 192 valence electrons. The zero-order valence-corrected chi connectivity index (χ0v) is 21.6. The van der Waals surface area contributed by atoms with Crippen LogP contribution in [-0.4, -0.2) is 47.8 Å². The smallest absolute Gasteiger partial charge is 0.265 e. The van der Waals surface area contributed by atoms with Gasteiger partial charge in [0, 0.05) is 19.2 Å². The maximum absolute atomic E-state index is 13.0. The molecule has 2 heterocycles. The lowest BCUT2D eigenvalue weighted by molar-refractivity contribution is 0.0932. The number of nitrogens with zero attached hydrogens (tertiary/aromatic N) is 1. The Morgan fingerprint density at radius 1 is 1.26 bits per heavy atom. The molecule has 0 saturated heterocycles. The van der Waals surface area contributed by atoms with E-state index >= 15 is 0 Å². The van der Waals surface area contributed by atoms with Crippen molar-refractivity contribution in [1.29, 1.82) is 0 Å². The van der Waals surface area contributed by atoms with Crippen LogP contribution in [0.1, 0.15) is 86.5 Å². The molecule has 0 saturated carbocycles. The van der Waals surface area contributed by atoms with Crippen LogP contribution in [-0.2, 0) is 17.6 Å². The van der Waals surface area contributed by atoms with Gasteiger partial charge in [-0.2, -0.15) is 0 Å². The number of rotatable bonds is 12. The van der Waals surface area contributed by atoms with E-state index < -0.39 is 11.5 Å². The summed E-state index contributed by atoms with van der Waals surface area (Å²) in [4.78, 5) is 33.6. The molecule has 3 N–H and O–H groups in total. The fourth-order valence-electron chi connectivity index (χ4n) is 4.54. The van der Waals surface area contributed by atoms with E-state index in [4.69, 9.17) is 14.5 Å². The fourth-order valence-corrected chi connectivity index (χ4v) is 4.54. The minimum atomic E-state index is -0.633. The standard InChI is InChI=1S/C27H39N3O5/c1-6-8-10-19-20(35-12-9-7-2)15-17-14-18(16(3)4)21-24(23(17)29-19)30-27(33)22(25(21)31)26(32)28-11-13-34-5/h15-16,18H,6-14H2,1-5H3,(H,28,32)(H2,30,31,33). The Hall–Kier alpha value is -2.87. The van der Waals surface area contributed by atoms with Gasteiger partial charge in [-0.15, -0.1) is 0 Å². The van der Waals surface area contributed by atoms with Crippen molar-refractivity contribution < 1.29 is 19.4 Å². The summed E-state index contributed by atoms with van der Waals surface area (Å²) in [6, 6.07) is 2.06. The third kappa shape index (κ3) is 5.86. The number of unbranched alkanes of at least 4 members (excludes halogenated alkanes) is 2. The zero-order valence-electron chi connectivity index (χ0n) is 21.6. The second-order valence-electron chi connectivity index (χ2n) is 9.52. The molecule has 0 aliphatic heterocycles. The van der Waals surface area contributed by atoms with Crippen molar-refractivity contribution in [2.24, 2.45) is 5.92 Å². The van der Waals surface area contributed by atoms with Gasteiger partial charge in [-0.3, -0.25) is 9.59 Å². The van der Waals surface area contributed by atoms with Gasteiger partial charge in [-0.05, 0) is 49.1 Å². The van der Waals surface area contributed by atoms with E-state index in [0.29, 0.717) is 36.6 Å². The van der Waals surface area contributed by atoms with Crippen LogP contribution in [0.3, 0.4) is 0 Å². The largest absolute Gasteiger partial charge is 0.507 e. The summed E-state index contributed by atoms with van der Waals surface area (Å²) in [5.74, 6) is -0.00678. The van der Waals surface area contributed by atoms with Gasteiger partial charge >= 0.3 is 0 Å². The fraction of sp³-hybridized carbons (Fsp3) is 0.593. The van der Waals surface area contributed by atoms with Crippen LogP contribution in [0.5, 0.6) is 11.5 Å². The summed E-state index contributed by atoms with van der Waals surface area (Å²) >= 11 is 0. The van der Waals surface area contributed by atoms with E-state index in [-0.39, 0.29) is 29.7 Å². The number of nitrogens with one attached hydrogen (secondary N) is 2. The van der Waals surface area contributed by atoms with Gasteiger partial charge < -0.3 is 24.9 Å². The van der Waals surface area contributed by atoms with Crippen LogP contribution in [0.15, 0.2) is 10.9 Å². The highest BCUT2D eigenvalue weighted by molar-refractivity contribution is 5.97. The first kappa shape index (κ1) is 26.7. The highest BCUT2D eigenvalue weighted by Gasteiger charge is 2.35. The molecule has 0 spiro atoms. The highest BCUT2D eigenvalue weighted by atomic mass is 16.5. The Morgan fingerprint density at radius 3 is 2.66 bits per heavy atom. The Morgan fingerprint density at radius 2 is 2.00 bits per heavy atom.